The fourth-order valence-corrected chi connectivity index (χ4v) is 3.72. The molecule has 0 unspecified atom stereocenters. The topological polar surface area (TPSA) is 21.3 Å². The molecule has 80 valence electrons. The van der Waals surface area contributed by atoms with Crippen LogP contribution in [0, 0.1) is 0 Å². The predicted octanol–water partition coefficient (Wildman–Crippen LogP) is 3.14. The normalized spacial score (nSPS) is 21.4. The molecule has 0 bridgehead atoms. The van der Waals surface area contributed by atoms with Crippen molar-refractivity contribution in [2.24, 2.45) is 0 Å². The van der Waals surface area contributed by atoms with E-state index in [2.05, 4.69) is 17.4 Å². The van der Waals surface area contributed by atoms with Crippen LogP contribution in [0.25, 0.3) is 0 Å². The summed E-state index contributed by atoms with van der Waals surface area (Å²) in [6.45, 7) is 1.11. The summed E-state index contributed by atoms with van der Waals surface area (Å²) in [5, 5.41) is 3.53. The zero-order valence-electron chi connectivity index (χ0n) is 8.88. The van der Waals surface area contributed by atoms with Crippen LogP contribution >= 0.6 is 11.8 Å². The van der Waals surface area contributed by atoms with E-state index in [1.165, 1.54) is 29.8 Å². The molecular weight excluding hydrogens is 206 g/mol. The van der Waals surface area contributed by atoms with Gasteiger partial charge in [0.25, 0.3) is 0 Å². The summed E-state index contributed by atoms with van der Waals surface area (Å²) in [6, 6.07) is 6.31. The van der Waals surface area contributed by atoms with Gasteiger partial charge >= 0.3 is 0 Å². The second kappa shape index (κ2) is 3.34. The minimum absolute atomic E-state index is 0.502. The lowest BCUT2D eigenvalue weighted by atomic mass is 9.84. The van der Waals surface area contributed by atoms with E-state index in [4.69, 9.17) is 4.74 Å². The maximum atomic E-state index is 5.22. The molecule has 1 N–H and O–H groups in total. The van der Waals surface area contributed by atoms with Crippen LogP contribution < -0.4 is 10.1 Å². The molecule has 1 aromatic rings. The zero-order chi connectivity index (χ0) is 10.3. The molecule has 15 heavy (non-hydrogen) atoms. The molecule has 1 aliphatic heterocycles. The number of nitrogens with one attached hydrogen (secondary N) is 1. The standard InChI is InChI=1S/C12H15NOS/c1-14-9-3-4-11-10(7-9)13-8-12(15-11)5-2-6-12/h3-4,7,13H,2,5-6,8H2,1H3. The monoisotopic (exact) mass is 221 g/mol. The Hall–Kier alpha value is -0.830. The molecule has 0 radical (unpaired) electrons. The van der Waals surface area contributed by atoms with Gasteiger partial charge in [-0.25, -0.2) is 0 Å². The van der Waals surface area contributed by atoms with Gasteiger partial charge in [-0.05, 0) is 25.0 Å². The summed E-state index contributed by atoms with van der Waals surface area (Å²) >= 11 is 2.05. The number of fused-ring (bicyclic) bond motifs is 1. The molecule has 1 aromatic carbocycles. The van der Waals surface area contributed by atoms with Gasteiger partial charge in [-0.3, -0.25) is 0 Å². The molecule has 1 saturated carbocycles. The Kier molecular flexibility index (Phi) is 2.09. The van der Waals surface area contributed by atoms with Gasteiger partial charge in [0.15, 0.2) is 0 Å². The summed E-state index contributed by atoms with van der Waals surface area (Å²) in [5.74, 6) is 0.936. The van der Waals surface area contributed by atoms with E-state index in [9.17, 15) is 0 Å². The summed E-state index contributed by atoms with van der Waals surface area (Å²) < 4.78 is 5.72. The fraction of sp³-hybridized carbons (Fsp3) is 0.500. The van der Waals surface area contributed by atoms with E-state index in [0.717, 1.165) is 12.3 Å². The van der Waals surface area contributed by atoms with Gasteiger partial charge in [-0.1, -0.05) is 6.42 Å². The summed E-state index contributed by atoms with van der Waals surface area (Å²) in [7, 11) is 1.71. The Balaban J connectivity index is 1.90. The predicted molar refractivity (Wildman–Crippen MR) is 63.9 cm³/mol. The number of methoxy groups -OCH3 is 1. The quantitative estimate of drug-likeness (QED) is 0.787. The van der Waals surface area contributed by atoms with Gasteiger partial charge in [0.2, 0.25) is 0 Å². The highest BCUT2D eigenvalue weighted by Gasteiger charge is 2.40. The second-order valence-electron chi connectivity index (χ2n) is 4.35. The van der Waals surface area contributed by atoms with Crippen molar-refractivity contribution in [1.82, 2.24) is 0 Å². The molecule has 1 aliphatic carbocycles. The number of anilines is 1. The highest BCUT2D eigenvalue weighted by atomic mass is 32.2. The summed E-state index contributed by atoms with van der Waals surface area (Å²) in [5.41, 5.74) is 1.23. The van der Waals surface area contributed by atoms with Gasteiger partial charge in [0.05, 0.1) is 12.8 Å². The molecule has 2 nitrogen and oxygen atoms in total. The lowest BCUT2D eigenvalue weighted by Crippen LogP contribution is -2.42. The first-order valence-corrected chi connectivity index (χ1v) is 6.24. The van der Waals surface area contributed by atoms with Crippen LogP contribution in [-0.2, 0) is 0 Å². The van der Waals surface area contributed by atoms with E-state index < -0.39 is 0 Å². The van der Waals surface area contributed by atoms with E-state index >= 15 is 0 Å². The highest BCUT2D eigenvalue weighted by Crippen LogP contribution is 2.52. The Morgan fingerprint density at radius 3 is 2.93 bits per heavy atom. The lowest BCUT2D eigenvalue weighted by Gasteiger charge is -2.44. The van der Waals surface area contributed by atoms with Gasteiger partial charge < -0.3 is 10.1 Å². The Morgan fingerprint density at radius 1 is 1.40 bits per heavy atom. The summed E-state index contributed by atoms with van der Waals surface area (Å²) in [6.07, 6.45) is 4.10. The van der Waals surface area contributed by atoms with Crippen LogP contribution in [0.3, 0.4) is 0 Å². The van der Waals surface area contributed by atoms with E-state index in [1.54, 1.807) is 7.11 Å². The van der Waals surface area contributed by atoms with Crippen molar-refractivity contribution < 1.29 is 4.74 Å². The minimum Gasteiger partial charge on any atom is -0.497 e. The molecule has 3 heteroatoms. The van der Waals surface area contributed by atoms with Crippen molar-refractivity contribution in [2.75, 3.05) is 19.0 Å². The highest BCUT2D eigenvalue weighted by molar-refractivity contribution is 8.01. The molecule has 3 rings (SSSR count). The number of ether oxygens (including phenoxy) is 1. The minimum atomic E-state index is 0.502. The maximum Gasteiger partial charge on any atom is 0.121 e. The van der Waals surface area contributed by atoms with Gasteiger partial charge in [-0.15, -0.1) is 11.8 Å². The average Bonchev–Trinajstić information content (AvgIpc) is 2.25. The number of rotatable bonds is 1. The van der Waals surface area contributed by atoms with E-state index in [1.807, 2.05) is 17.8 Å². The molecule has 0 aromatic heterocycles. The maximum absolute atomic E-state index is 5.22. The SMILES string of the molecule is COc1ccc2c(c1)NCC1(CCC1)S2. The van der Waals surface area contributed by atoms with E-state index in [0.29, 0.717) is 4.75 Å². The van der Waals surface area contributed by atoms with Gasteiger partial charge in [0, 0.05) is 22.3 Å². The third-order valence-corrected chi connectivity index (χ3v) is 4.94. The van der Waals surface area contributed by atoms with Crippen LogP contribution in [0.5, 0.6) is 5.75 Å². The van der Waals surface area contributed by atoms with E-state index in [-0.39, 0.29) is 0 Å². The molecule has 1 heterocycles. The third kappa shape index (κ3) is 1.49. The molecule has 0 atom stereocenters. The lowest BCUT2D eigenvalue weighted by molar-refractivity contribution is 0.376. The van der Waals surface area contributed by atoms with Crippen LogP contribution in [-0.4, -0.2) is 18.4 Å². The molecule has 1 fully saturated rings. The Labute approximate surface area is 94.4 Å². The van der Waals surface area contributed by atoms with Crippen LogP contribution in [0.15, 0.2) is 23.1 Å². The number of benzene rings is 1. The van der Waals surface area contributed by atoms with Crippen LogP contribution in [0.4, 0.5) is 5.69 Å². The number of hydrogen-bond donors (Lipinski definition) is 1. The van der Waals surface area contributed by atoms with Gasteiger partial charge in [0.1, 0.15) is 5.75 Å². The van der Waals surface area contributed by atoms with Crippen molar-refractivity contribution >= 4 is 17.4 Å². The van der Waals surface area contributed by atoms with Crippen LogP contribution in [0.1, 0.15) is 19.3 Å². The van der Waals surface area contributed by atoms with Crippen molar-refractivity contribution in [2.45, 2.75) is 28.9 Å². The largest absolute Gasteiger partial charge is 0.497 e. The zero-order valence-corrected chi connectivity index (χ0v) is 9.69. The number of thioether (sulfide) groups is 1. The Morgan fingerprint density at radius 2 is 2.27 bits per heavy atom. The third-order valence-electron chi connectivity index (χ3n) is 3.38. The first-order valence-electron chi connectivity index (χ1n) is 5.42. The smallest absolute Gasteiger partial charge is 0.121 e. The first-order chi connectivity index (χ1) is 7.31. The number of hydrogen-bond acceptors (Lipinski definition) is 3. The fourth-order valence-electron chi connectivity index (χ4n) is 2.24. The van der Waals surface area contributed by atoms with Crippen LogP contribution in [0.2, 0.25) is 0 Å². The first kappa shape index (κ1) is 9.40. The molecule has 1 spiro atoms. The van der Waals surface area contributed by atoms with Crippen molar-refractivity contribution in [3.8, 4) is 5.75 Å². The van der Waals surface area contributed by atoms with Gasteiger partial charge in [-0.2, -0.15) is 0 Å². The van der Waals surface area contributed by atoms with Crippen molar-refractivity contribution in [3.63, 3.8) is 0 Å². The summed E-state index contributed by atoms with van der Waals surface area (Å²) in [4.78, 5) is 1.38. The average molecular weight is 221 g/mol. The Bertz CT molecular complexity index is 387. The molecule has 2 aliphatic rings. The molecular formula is C12H15NOS. The molecule has 0 amide bonds. The second-order valence-corrected chi connectivity index (χ2v) is 5.86. The van der Waals surface area contributed by atoms with Crippen molar-refractivity contribution in [1.29, 1.82) is 0 Å². The van der Waals surface area contributed by atoms with Crippen molar-refractivity contribution in [3.05, 3.63) is 18.2 Å². The molecule has 0 saturated heterocycles.